The van der Waals surface area contributed by atoms with E-state index in [1.54, 1.807) is 12.3 Å². The van der Waals surface area contributed by atoms with E-state index in [0.29, 0.717) is 5.01 Å². The summed E-state index contributed by atoms with van der Waals surface area (Å²) < 4.78 is 22.2. The monoisotopic (exact) mass is 302 g/mol. The first-order valence-electron chi connectivity index (χ1n) is 5.25. The largest absolute Gasteiger partial charge is 0.358 e. The molecule has 0 amide bonds. The fraction of sp³-hybridized carbons (Fsp3) is 0.333. The van der Waals surface area contributed by atoms with E-state index in [1.165, 1.54) is 22.1 Å². The lowest BCUT2D eigenvalue weighted by Gasteiger charge is -2.08. The fourth-order valence-electron chi connectivity index (χ4n) is 1.71. The molecular weight excluding hydrogens is 292 g/mol. The number of rotatable bonds is 5. The van der Waals surface area contributed by atoms with Crippen molar-refractivity contribution in [1.29, 1.82) is 0 Å². The zero-order chi connectivity index (χ0) is 14.0. The van der Waals surface area contributed by atoms with Crippen molar-refractivity contribution < 1.29 is 13.7 Å². The van der Waals surface area contributed by atoms with E-state index in [4.69, 9.17) is 0 Å². The van der Waals surface area contributed by atoms with Crippen LogP contribution in [-0.4, -0.2) is 28.2 Å². The van der Waals surface area contributed by atoms with Gasteiger partial charge >= 0.3 is 5.82 Å². The van der Waals surface area contributed by atoms with Crippen molar-refractivity contribution in [2.24, 2.45) is 0 Å². The maximum absolute atomic E-state index is 11.5. The number of nitrogens with zero attached hydrogens (tertiary/aromatic N) is 4. The first kappa shape index (κ1) is 13.8. The smallest absolute Gasteiger partial charge is 0.342 e. The summed E-state index contributed by atoms with van der Waals surface area (Å²) in [5.41, 5.74) is 0. The molecule has 0 saturated carbocycles. The molecule has 2 rings (SSSR count). The maximum Gasteiger partial charge on any atom is 0.342 e. The van der Waals surface area contributed by atoms with Crippen molar-refractivity contribution in [1.82, 2.24) is 14.5 Å². The second kappa shape index (κ2) is 5.55. The van der Waals surface area contributed by atoms with Crippen LogP contribution in [-0.2, 0) is 17.6 Å². The summed E-state index contributed by atoms with van der Waals surface area (Å²) in [6, 6.07) is 0. The Kier molecular flexibility index (Phi) is 4.02. The van der Waals surface area contributed by atoms with Crippen LogP contribution in [0.15, 0.2) is 17.8 Å². The lowest BCUT2D eigenvalue weighted by atomic mass is 10.4. The zero-order valence-electron chi connectivity index (χ0n) is 9.79. The SMILES string of the molecule is CCn1c([N+](=O)[O-])cnc1C(c1nccs1)S(=O)O. The van der Waals surface area contributed by atoms with E-state index < -0.39 is 21.3 Å². The normalized spacial score (nSPS) is 14.2. The van der Waals surface area contributed by atoms with Crippen LogP contribution in [0.4, 0.5) is 5.82 Å². The highest BCUT2D eigenvalue weighted by atomic mass is 32.2. The average molecular weight is 302 g/mol. The van der Waals surface area contributed by atoms with E-state index in [-0.39, 0.29) is 18.2 Å². The first-order chi connectivity index (χ1) is 9.06. The van der Waals surface area contributed by atoms with Gasteiger partial charge < -0.3 is 14.7 Å². The fourth-order valence-corrected chi connectivity index (χ4v) is 3.34. The second-order valence-corrected chi connectivity index (χ2v) is 5.45. The van der Waals surface area contributed by atoms with Crippen LogP contribution in [0.2, 0.25) is 0 Å². The second-order valence-electron chi connectivity index (χ2n) is 3.50. The summed E-state index contributed by atoms with van der Waals surface area (Å²) in [7, 11) is 0. The standard InChI is InChI=1S/C9H10N4O4S2/c1-2-12-6(13(14)15)5-11-8(12)7(19(16)17)9-10-3-4-18-9/h3-5,7H,2H2,1H3,(H,16,17). The molecule has 2 heterocycles. The predicted molar refractivity (Wildman–Crippen MR) is 69.3 cm³/mol. The van der Waals surface area contributed by atoms with E-state index in [9.17, 15) is 18.9 Å². The molecule has 10 heteroatoms. The predicted octanol–water partition coefficient (Wildman–Crippen LogP) is 1.58. The molecular formula is C9H10N4O4S2. The summed E-state index contributed by atoms with van der Waals surface area (Å²) in [6.07, 6.45) is 2.60. The van der Waals surface area contributed by atoms with Gasteiger partial charge in [-0.15, -0.1) is 11.3 Å². The van der Waals surface area contributed by atoms with Crippen LogP contribution in [0.25, 0.3) is 0 Å². The van der Waals surface area contributed by atoms with Gasteiger partial charge in [0.25, 0.3) is 0 Å². The third-order valence-electron chi connectivity index (χ3n) is 2.48. The van der Waals surface area contributed by atoms with Gasteiger partial charge in [0, 0.05) is 11.6 Å². The topological polar surface area (TPSA) is 111 Å². The molecule has 8 nitrogen and oxygen atoms in total. The Morgan fingerprint density at radius 3 is 2.84 bits per heavy atom. The minimum absolute atomic E-state index is 0.171. The van der Waals surface area contributed by atoms with Gasteiger partial charge in [0.1, 0.15) is 11.2 Å². The third kappa shape index (κ3) is 2.55. The summed E-state index contributed by atoms with van der Waals surface area (Å²) in [4.78, 5) is 18.2. The number of hydrogen-bond donors (Lipinski definition) is 1. The van der Waals surface area contributed by atoms with Crippen molar-refractivity contribution in [3.05, 3.63) is 38.7 Å². The molecule has 0 aromatic carbocycles. The summed E-state index contributed by atoms with van der Waals surface area (Å²) in [5, 5.41) is 12.0. The van der Waals surface area contributed by atoms with Gasteiger partial charge in [0.05, 0.1) is 6.54 Å². The maximum atomic E-state index is 11.5. The summed E-state index contributed by atoms with van der Waals surface area (Å²) >= 11 is -1.05. The van der Waals surface area contributed by atoms with Gasteiger partial charge in [-0.05, 0) is 11.8 Å². The molecule has 0 aliphatic carbocycles. The van der Waals surface area contributed by atoms with Crippen molar-refractivity contribution in [3.63, 3.8) is 0 Å². The summed E-state index contributed by atoms with van der Waals surface area (Å²) in [5.74, 6) is -0.0329. The molecule has 0 saturated heterocycles. The summed E-state index contributed by atoms with van der Waals surface area (Å²) in [6.45, 7) is 1.99. The molecule has 0 aliphatic heterocycles. The van der Waals surface area contributed by atoms with Crippen molar-refractivity contribution in [2.75, 3.05) is 0 Å². The van der Waals surface area contributed by atoms with Gasteiger partial charge in [-0.25, -0.2) is 18.7 Å². The molecule has 0 radical (unpaired) electrons. The highest BCUT2D eigenvalue weighted by Crippen LogP contribution is 2.30. The van der Waals surface area contributed by atoms with Gasteiger partial charge in [-0.1, -0.05) is 0 Å². The van der Waals surface area contributed by atoms with Crippen molar-refractivity contribution in [2.45, 2.75) is 18.7 Å². The van der Waals surface area contributed by atoms with E-state index >= 15 is 0 Å². The Labute approximate surface area is 114 Å². The molecule has 102 valence electrons. The van der Waals surface area contributed by atoms with Crippen molar-refractivity contribution in [3.8, 4) is 0 Å². The highest BCUT2D eigenvalue weighted by molar-refractivity contribution is 7.79. The molecule has 1 N–H and O–H groups in total. The zero-order valence-corrected chi connectivity index (χ0v) is 11.4. The number of hydrogen-bond acceptors (Lipinski definition) is 6. The number of aromatic nitrogens is 3. The van der Waals surface area contributed by atoms with Gasteiger partial charge in [0.2, 0.25) is 5.82 Å². The van der Waals surface area contributed by atoms with Crippen LogP contribution < -0.4 is 0 Å². The minimum atomic E-state index is -2.25. The quantitative estimate of drug-likeness (QED) is 0.510. The van der Waals surface area contributed by atoms with Gasteiger partial charge in [0.15, 0.2) is 16.3 Å². The molecule has 0 fully saturated rings. The highest BCUT2D eigenvalue weighted by Gasteiger charge is 2.33. The van der Waals surface area contributed by atoms with E-state index in [1.807, 2.05) is 0 Å². The molecule has 0 bridgehead atoms. The molecule has 2 aromatic rings. The van der Waals surface area contributed by atoms with Crippen LogP contribution in [0.5, 0.6) is 0 Å². The molecule has 0 aliphatic rings. The molecule has 2 unspecified atom stereocenters. The number of thiazole rings is 1. The number of nitro groups is 1. The Morgan fingerprint density at radius 1 is 1.63 bits per heavy atom. The van der Waals surface area contributed by atoms with Crippen LogP contribution in [0.1, 0.15) is 23.0 Å². The Hall–Kier alpha value is -1.65. The van der Waals surface area contributed by atoms with Crippen LogP contribution in [0, 0.1) is 10.1 Å². The van der Waals surface area contributed by atoms with Crippen molar-refractivity contribution >= 4 is 28.2 Å². The van der Waals surface area contributed by atoms with E-state index in [0.717, 1.165) is 6.20 Å². The Balaban J connectivity index is 2.55. The molecule has 0 spiro atoms. The number of imidazole rings is 1. The van der Waals surface area contributed by atoms with Gasteiger partial charge in [-0.3, -0.25) is 0 Å². The Morgan fingerprint density at radius 2 is 2.37 bits per heavy atom. The van der Waals surface area contributed by atoms with Crippen LogP contribution >= 0.6 is 11.3 Å². The van der Waals surface area contributed by atoms with Crippen LogP contribution in [0.3, 0.4) is 0 Å². The lowest BCUT2D eigenvalue weighted by Crippen LogP contribution is -2.15. The third-order valence-corrected chi connectivity index (χ3v) is 4.31. The molecule has 2 aromatic heterocycles. The van der Waals surface area contributed by atoms with Gasteiger partial charge in [-0.2, -0.15) is 0 Å². The minimum Gasteiger partial charge on any atom is -0.358 e. The first-order valence-corrected chi connectivity index (χ1v) is 7.30. The molecule has 19 heavy (non-hydrogen) atoms. The lowest BCUT2D eigenvalue weighted by molar-refractivity contribution is -0.392. The molecule has 2 atom stereocenters. The Bertz CT molecular complexity index is 610. The van der Waals surface area contributed by atoms with E-state index in [2.05, 4.69) is 9.97 Å². The average Bonchev–Trinajstić information content (AvgIpc) is 2.98.